The van der Waals surface area contributed by atoms with E-state index in [2.05, 4.69) is 13.8 Å². The van der Waals surface area contributed by atoms with E-state index < -0.39 is 0 Å². The predicted molar refractivity (Wildman–Crippen MR) is 80.8 cm³/mol. The van der Waals surface area contributed by atoms with Crippen LogP contribution >= 0.6 is 0 Å². The minimum Gasteiger partial charge on any atom is -0.497 e. The van der Waals surface area contributed by atoms with Gasteiger partial charge in [-0.05, 0) is 43.0 Å². The van der Waals surface area contributed by atoms with Crippen LogP contribution in [0.5, 0.6) is 5.75 Å². The van der Waals surface area contributed by atoms with Crippen molar-refractivity contribution in [2.45, 2.75) is 39.9 Å². The van der Waals surface area contributed by atoms with Gasteiger partial charge in [-0.1, -0.05) is 32.1 Å². The van der Waals surface area contributed by atoms with Crippen LogP contribution in [0.25, 0.3) is 0 Å². The Morgan fingerprint density at radius 1 is 1.25 bits per heavy atom. The summed E-state index contributed by atoms with van der Waals surface area (Å²) in [5, 5.41) is 0. The number of ketones is 1. The molecule has 3 nitrogen and oxygen atoms in total. The molecule has 0 N–H and O–H groups in total. The minimum atomic E-state index is 0.0719. The molecule has 1 aromatic carbocycles. The fourth-order valence-corrected chi connectivity index (χ4v) is 1.83. The first-order valence-corrected chi connectivity index (χ1v) is 6.94. The number of carbonyl (C=O) groups excluding carboxylic acids is 1. The number of allylic oxidation sites excluding steroid dienone is 1. The lowest BCUT2D eigenvalue weighted by molar-refractivity contribution is -0.112. The van der Waals surface area contributed by atoms with Gasteiger partial charge in [-0.3, -0.25) is 4.79 Å². The summed E-state index contributed by atoms with van der Waals surface area (Å²) in [7, 11) is 1.65. The molecule has 1 atom stereocenters. The molecule has 20 heavy (non-hydrogen) atoms. The quantitative estimate of drug-likeness (QED) is 0.678. The number of rotatable bonds is 8. The number of hydrogen-bond acceptors (Lipinski definition) is 3. The zero-order valence-electron chi connectivity index (χ0n) is 12.8. The Kier molecular flexibility index (Phi) is 7.02. The first-order valence-electron chi connectivity index (χ1n) is 6.94. The van der Waals surface area contributed by atoms with Crippen molar-refractivity contribution in [3.63, 3.8) is 0 Å². The van der Waals surface area contributed by atoms with Gasteiger partial charge in [0.25, 0.3) is 0 Å². The summed E-state index contributed by atoms with van der Waals surface area (Å²) in [6.07, 6.45) is 4.37. The van der Waals surface area contributed by atoms with Gasteiger partial charge in [-0.25, -0.2) is 0 Å². The number of hydrogen-bond donors (Lipinski definition) is 0. The topological polar surface area (TPSA) is 35.5 Å². The number of methoxy groups -OCH3 is 1. The minimum absolute atomic E-state index is 0.0719. The van der Waals surface area contributed by atoms with Crippen molar-refractivity contribution in [3.8, 4) is 5.75 Å². The molecule has 0 bridgehead atoms. The molecule has 0 unspecified atom stereocenters. The Hall–Kier alpha value is -1.61. The lowest BCUT2D eigenvalue weighted by Gasteiger charge is -2.20. The molecule has 0 fully saturated rings. The van der Waals surface area contributed by atoms with Crippen LogP contribution in [0.3, 0.4) is 0 Å². The second-order valence-electron chi connectivity index (χ2n) is 5.19. The molecule has 0 radical (unpaired) electrons. The van der Waals surface area contributed by atoms with Crippen molar-refractivity contribution in [2.24, 2.45) is 5.92 Å². The summed E-state index contributed by atoms with van der Waals surface area (Å²) >= 11 is 0. The molecule has 0 aliphatic rings. The maximum atomic E-state index is 10.9. The zero-order valence-corrected chi connectivity index (χ0v) is 12.8. The van der Waals surface area contributed by atoms with E-state index in [1.54, 1.807) is 20.1 Å². The summed E-state index contributed by atoms with van der Waals surface area (Å²) in [6, 6.07) is 7.86. The fourth-order valence-electron chi connectivity index (χ4n) is 1.83. The maximum Gasteiger partial charge on any atom is 0.152 e. The van der Waals surface area contributed by atoms with E-state index in [9.17, 15) is 4.79 Å². The van der Waals surface area contributed by atoms with Gasteiger partial charge < -0.3 is 9.47 Å². The largest absolute Gasteiger partial charge is 0.497 e. The summed E-state index contributed by atoms with van der Waals surface area (Å²) in [6.45, 7) is 6.38. The highest BCUT2D eigenvalue weighted by Gasteiger charge is 2.12. The monoisotopic (exact) mass is 276 g/mol. The van der Waals surface area contributed by atoms with Crippen molar-refractivity contribution < 1.29 is 14.3 Å². The molecule has 0 amide bonds. The summed E-state index contributed by atoms with van der Waals surface area (Å²) < 4.78 is 11.1. The zero-order chi connectivity index (χ0) is 15.0. The second kappa shape index (κ2) is 8.54. The molecule has 0 aliphatic heterocycles. The average Bonchev–Trinajstić information content (AvgIpc) is 2.42. The normalized spacial score (nSPS) is 12.8. The van der Waals surface area contributed by atoms with Crippen molar-refractivity contribution in [3.05, 3.63) is 42.0 Å². The fraction of sp³-hybridized carbons (Fsp3) is 0.471. The Morgan fingerprint density at radius 2 is 1.90 bits per heavy atom. The molecular weight excluding hydrogens is 252 g/mol. The van der Waals surface area contributed by atoms with Gasteiger partial charge in [0.2, 0.25) is 0 Å². The average molecular weight is 276 g/mol. The summed E-state index contributed by atoms with van der Waals surface area (Å²) in [5.74, 6) is 1.33. The molecule has 0 saturated heterocycles. The van der Waals surface area contributed by atoms with Gasteiger partial charge in [0.1, 0.15) is 5.75 Å². The molecule has 0 aliphatic carbocycles. The van der Waals surface area contributed by atoms with E-state index in [-0.39, 0.29) is 11.9 Å². The molecule has 110 valence electrons. The molecule has 1 rings (SSSR count). The van der Waals surface area contributed by atoms with Gasteiger partial charge in [0.15, 0.2) is 5.78 Å². The highest BCUT2D eigenvalue weighted by Crippen LogP contribution is 2.16. The van der Waals surface area contributed by atoms with Crippen molar-refractivity contribution in [2.75, 3.05) is 7.11 Å². The first kappa shape index (κ1) is 16.4. The number of ether oxygens (including phenoxy) is 2. The third-order valence-corrected chi connectivity index (χ3v) is 3.09. The van der Waals surface area contributed by atoms with Crippen LogP contribution in [-0.2, 0) is 16.1 Å². The standard InChI is InChI=1S/C17H24O3/c1-13(2)17(7-5-6-14(3)18)20-12-15-8-10-16(19-4)11-9-15/h5-6,8-11,13,17H,7,12H2,1-4H3/b6-5+/t17-/m0/s1. The SMILES string of the molecule is COc1ccc(CO[C@@H](C/C=C/C(C)=O)C(C)C)cc1. The van der Waals surface area contributed by atoms with Gasteiger partial charge in [-0.15, -0.1) is 0 Å². The van der Waals surface area contributed by atoms with E-state index in [0.29, 0.717) is 12.5 Å². The lowest BCUT2D eigenvalue weighted by atomic mass is 10.0. The van der Waals surface area contributed by atoms with Crippen LogP contribution in [0, 0.1) is 5.92 Å². The van der Waals surface area contributed by atoms with E-state index in [1.807, 2.05) is 30.3 Å². The summed E-state index contributed by atoms with van der Waals surface area (Å²) in [5.41, 5.74) is 1.12. The second-order valence-corrected chi connectivity index (χ2v) is 5.19. The van der Waals surface area contributed by atoms with Crippen LogP contribution < -0.4 is 4.74 Å². The molecular formula is C17H24O3. The highest BCUT2D eigenvalue weighted by molar-refractivity contribution is 5.87. The molecule has 0 spiro atoms. The van der Waals surface area contributed by atoms with Crippen molar-refractivity contribution >= 4 is 5.78 Å². The molecule has 1 aromatic rings. The van der Waals surface area contributed by atoms with Gasteiger partial charge in [-0.2, -0.15) is 0 Å². The van der Waals surface area contributed by atoms with Crippen molar-refractivity contribution in [1.29, 1.82) is 0 Å². The Morgan fingerprint density at radius 3 is 2.40 bits per heavy atom. The predicted octanol–water partition coefficient (Wildman–Crippen LogP) is 3.77. The maximum absolute atomic E-state index is 10.9. The van der Waals surface area contributed by atoms with Gasteiger partial charge >= 0.3 is 0 Å². The smallest absolute Gasteiger partial charge is 0.152 e. The lowest BCUT2D eigenvalue weighted by Crippen LogP contribution is -2.19. The third-order valence-electron chi connectivity index (χ3n) is 3.09. The van der Waals surface area contributed by atoms with Crippen LogP contribution in [0.15, 0.2) is 36.4 Å². The van der Waals surface area contributed by atoms with E-state index in [4.69, 9.17) is 9.47 Å². The van der Waals surface area contributed by atoms with E-state index >= 15 is 0 Å². The first-order chi connectivity index (χ1) is 9.52. The van der Waals surface area contributed by atoms with E-state index in [0.717, 1.165) is 17.7 Å². The Labute approximate surface area is 121 Å². The van der Waals surface area contributed by atoms with Crippen molar-refractivity contribution in [1.82, 2.24) is 0 Å². The highest BCUT2D eigenvalue weighted by atomic mass is 16.5. The Bertz CT molecular complexity index is 432. The number of carbonyl (C=O) groups is 1. The van der Waals surface area contributed by atoms with E-state index in [1.165, 1.54) is 0 Å². The molecule has 0 heterocycles. The third kappa shape index (κ3) is 6.02. The van der Waals surface area contributed by atoms with Gasteiger partial charge in [0, 0.05) is 0 Å². The van der Waals surface area contributed by atoms with Crippen LogP contribution in [0.2, 0.25) is 0 Å². The molecule has 0 saturated carbocycles. The van der Waals surface area contributed by atoms with Gasteiger partial charge in [0.05, 0.1) is 19.8 Å². The summed E-state index contributed by atoms with van der Waals surface area (Å²) in [4.78, 5) is 10.9. The molecule has 3 heteroatoms. The van der Waals surface area contributed by atoms with Crippen LogP contribution in [-0.4, -0.2) is 19.0 Å². The number of benzene rings is 1. The Balaban J connectivity index is 2.51. The van der Waals surface area contributed by atoms with Crippen LogP contribution in [0.4, 0.5) is 0 Å². The van der Waals surface area contributed by atoms with Crippen LogP contribution in [0.1, 0.15) is 32.8 Å². The molecule has 0 aromatic heterocycles.